The second-order valence-corrected chi connectivity index (χ2v) is 5.87. The van der Waals surface area contributed by atoms with Crippen LogP contribution in [-0.2, 0) is 4.08 Å². The van der Waals surface area contributed by atoms with Crippen LogP contribution >= 0.6 is 23.5 Å². The van der Waals surface area contributed by atoms with Crippen molar-refractivity contribution in [3.63, 3.8) is 0 Å². The first kappa shape index (κ1) is 11.0. The molecule has 2 heterocycles. The zero-order chi connectivity index (χ0) is 10.7. The molecule has 1 aliphatic rings. The summed E-state index contributed by atoms with van der Waals surface area (Å²) in [6.45, 7) is 0. The molecule has 0 aromatic carbocycles. The Morgan fingerprint density at radius 1 is 1.67 bits per heavy atom. The van der Waals surface area contributed by atoms with Crippen molar-refractivity contribution in [1.29, 1.82) is 0 Å². The maximum atomic E-state index is 10.1. The van der Waals surface area contributed by atoms with Gasteiger partial charge in [-0.15, -0.1) is 23.5 Å². The van der Waals surface area contributed by atoms with E-state index < -0.39 is 6.10 Å². The molecule has 0 amide bonds. The van der Waals surface area contributed by atoms with Gasteiger partial charge in [0.25, 0.3) is 0 Å². The SMILES string of the molecule is CS[C@]1(c2cccnc2)SCC=C[C@H]1O. The van der Waals surface area contributed by atoms with Gasteiger partial charge in [0, 0.05) is 18.1 Å². The number of thioether (sulfide) groups is 2. The Balaban J connectivity index is 2.41. The maximum absolute atomic E-state index is 10.1. The molecule has 1 N–H and O–H groups in total. The topological polar surface area (TPSA) is 33.1 Å². The molecule has 4 heteroatoms. The van der Waals surface area contributed by atoms with Crippen LogP contribution in [0.25, 0.3) is 0 Å². The molecule has 0 radical (unpaired) electrons. The van der Waals surface area contributed by atoms with Gasteiger partial charge in [-0.2, -0.15) is 0 Å². The minimum absolute atomic E-state index is 0.289. The molecule has 0 saturated carbocycles. The fourth-order valence-corrected chi connectivity index (χ4v) is 4.03. The fraction of sp³-hybridized carbons (Fsp3) is 0.364. The number of hydrogen-bond donors (Lipinski definition) is 1. The summed E-state index contributed by atoms with van der Waals surface area (Å²) >= 11 is 3.43. The van der Waals surface area contributed by atoms with Gasteiger partial charge in [0.1, 0.15) is 10.2 Å². The summed E-state index contributed by atoms with van der Waals surface area (Å²) in [6, 6.07) is 3.94. The quantitative estimate of drug-likeness (QED) is 0.803. The summed E-state index contributed by atoms with van der Waals surface area (Å²) in [5, 5.41) is 10.1. The first-order valence-electron chi connectivity index (χ1n) is 4.74. The Labute approximate surface area is 98.2 Å². The molecular formula is C11H13NOS2. The maximum Gasteiger partial charge on any atom is 0.117 e. The largest absolute Gasteiger partial charge is 0.386 e. The summed E-state index contributed by atoms with van der Waals surface area (Å²) in [5.74, 6) is 0.937. The number of aliphatic hydroxyl groups is 1. The van der Waals surface area contributed by atoms with Crippen LogP contribution < -0.4 is 0 Å². The fourth-order valence-electron chi connectivity index (χ4n) is 1.69. The summed E-state index contributed by atoms with van der Waals surface area (Å²) in [7, 11) is 0. The summed E-state index contributed by atoms with van der Waals surface area (Å²) in [4.78, 5) is 4.13. The van der Waals surface area contributed by atoms with Gasteiger partial charge in [0.15, 0.2) is 0 Å². The van der Waals surface area contributed by atoms with E-state index in [0.717, 1.165) is 11.3 Å². The summed E-state index contributed by atoms with van der Waals surface area (Å²) in [6.07, 6.45) is 9.07. The lowest BCUT2D eigenvalue weighted by Gasteiger charge is -2.36. The molecule has 0 bridgehead atoms. The Hall–Kier alpha value is -0.450. The first-order chi connectivity index (χ1) is 7.29. The monoisotopic (exact) mass is 239 g/mol. The van der Waals surface area contributed by atoms with Crippen LogP contribution in [0.3, 0.4) is 0 Å². The average molecular weight is 239 g/mol. The Kier molecular flexibility index (Phi) is 3.38. The molecule has 1 aliphatic heterocycles. The molecule has 0 saturated heterocycles. The lowest BCUT2D eigenvalue weighted by molar-refractivity contribution is 0.208. The Bertz CT molecular complexity index is 355. The van der Waals surface area contributed by atoms with Crippen molar-refractivity contribution in [1.82, 2.24) is 4.98 Å². The van der Waals surface area contributed by atoms with Crippen LogP contribution in [0.1, 0.15) is 5.56 Å². The van der Waals surface area contributed by atoms with E-state index in [-0.39, 0.29) is 4.08 Å². The number of pyridine rings is 1. The summed E-state index contributed by atoms with van der Waals surface area (Å²) < 4.78 is -0.289. The first-order valence-corrected chi connectivity index (χ1v) is 6.95. The normalized spacial score (nSPS) is 30.4. The summed E-state index contributed by atoms with van der Waals surface area (Å²) in [5.41, 5.74) is 1.08. The van der Waals surface area contributed by atoms with Crippen molar-refractivity contribution in [2.75, 3.05) is 12.0 Å². The van der Waals surface area contributed by atoms with E-state index in [4.69, 9.17) is 0 Å². The number of nitrogens with zero attached hydrogens (tertiary/aromatic N) is 1. The van der Waals surface area contributed by atoms with E-state index in [9.17, 15) is 5.11 Å². The molecule has 1 aromatic rings. The molecule has 15 heavy (non-hydrogen) atoms. The number of hydrogen-bond acceptors (Lipinski definition) is 4. The van der Waals surface area contributed by atoms with Crippen LogP contribution in [-0.4, -0.2) is 28.2 Å². The van der Waals surface area contributed by atoms with Crippen molar-refractivity contribution in [2.45, 2.75) is 10.2 Å². The van der Waals surface area contributed by atoms with Gasteiger partial charge in [0.2, 0.25) is 0 Å². The van der Waals surface area contributed by atoms with E-state index in [1.165, 1.54) is 0 Å². The minimum Gasteiger partial charge on any atom is -0.386 e. The van der Waals surface area contributed by atoms with Gasteiger partial charge < -0.3 is 5.11 Å². The Morgan fingerprint density at radius 3 is 3.13 bits per heavy atom. The number of aromatic nitrogens is 1. The third-order valence-corrected chi connectivity index (χ3v) is 5.67. The van der Waals surface area contributed by atoms with Gasteiger partial charge in [-0.25, -0.2) is 0 Å². The molecule has 0 fully saturated rings. The molecule has 0 spiro atoms. The minimum atomic E-state index is -0.449. The van der Waals surface area contributed by atoms with E-state index in [0.29, 0.717) is 0 Å². The highest BCUT2D eigenvalue weighted by atomic mass is 32.2. The smallest absolute Gasteiger partial charge is 0.117 e. The van der Waals surface area contributed by atoms with Crippen molar-refractivity contribution in [2.24, 2.45) is 0 Å². The lowest BCUT2D eigenvalue weighted by atomic mass is 10.1. The van der Waals surface area contributed by atoms with E-state index in [1.54, 1.807) is 29.7 Å². The van der Waals surface area contributed by atoms with Crippen LogP contribution in [0.2, 0.25) is 0 Å². The van der Waals surface area contributed by atoms with Gasteiger partial charge >= 0.3 is 0 Å². The third kappa shape index (κ3) is 1.94. The number of rotatable bonds is 2. The third-order valence-electron chi connectivity index (χ3n) is 2.47. The molecule has 80 valence electrons. The zero-order valence-electron chi connectivity index (χ0n) is 8.46. The van der Waals surface area contributed by atoms with Crippen molar-refractivity contribution >= 4 is 23.5 Å². The zero-order valence-corrected chi connectivity index (χ0v) is 10.1. The van der Waals surface area contributed by atoms with E-state index in [2.05, 4.69) is 4.98 Å². The van der Waals surface area contributed by atoms with Crippen molar-refractivity contribution < 1.29 is 5.11 Å². The van der Waals surface area contributed by atoms with Crippen LogP contribution in [0.15, 0.2) is 36.7 Å². The van der Waals surface area contributed by atoms with Crippen molar-refractivity contribution in [3.05, 3.63) is 42.2 Å². The molecule has 0 unspecified atom stereocenters. The van der Waals surface area contributed by atoms with Gasteiger partial charge in [-0.05, 0) is 17.9 Å². The van der Waals surface area contributed by atoms with E-state index >= 15 is 0 Å². The highest BCUT2D eigenvalue weighted by Crippen LogP contribution is 2.50. The average Bonchev–Trinajstić information content (AvgIpc) is 2.31. The molecular weight excluding hydrogens is 226 g/mol. The van der Waals surface area contributed by atoms with Crippen LogP contribution in [0, 0.1) is 0 Å². The van der Waals surface area contributed by atoms with Gasteiger partial charge in [-0.3, -0.25) is 4.98 Å². The predicted octanol–water partition coefficient (Wildman–Crippen LogP) is 2.26. The second-order valence-electron chi connectivity index (χ2n) is 3.30. The highest BCUT2D eigenvalue weighted by Gasteiger charge is 2.40. The second kappa shape index (κ2) is 4.60. The van der Waals surface area contributed by atoms with Gasteiger partial charge in [0.05, 0.1) is 0 Å². The molecule has 0 aliphatic carbocycles. The number of aliphatic hydroxyl groups excluding tert-OH is 1. The van der Waals surface area contributed by atoms with E-state index in [1.807, 2.05) is 36.7 Å². The van der Waals surface area contributed by atoms with Gasteiger partial charge in [-0.1, -0.05) is 18.2 Å². The molecule has 2 atom stereocenters. The highest BCUT2D eigenvalue weighted by molar-refractivity contribution is 8.17. The molecule has 2 rings (SSSR count). The Morgan fingerprint density at radius 2 is 2.53 bits per heavy atom. The van der Waals surface area contributed by atoms with Crippen molar-refractivity contribution in [3.8, 4) is 0 Å². The van der Waals surface area contributed by atoms with Crippen LogP contribution in [0.5, 0.6) is 0 Å². The predicted molar refractivity (Wildman–Crippen MR) is 67.0 cm³/mol. The van der Waals surface area contributed by atoms with Crippen LogP contribution in [0.4, 0.5) is 0 Å². The molecule has 1 aromatic heterocycles. The molecule has 2 nitrogen and oxygen atoms in total. The lowest BCUT2D eigenvalue weighted by Crippen LogP contribution is -2.34. The standard InChI is InChI=1S/C11H13NOS2/c1-14-11(9-4-2-6-12-8-9)10(13)5-3-7-15-11/h2-6,8,10,13H,7H2,1H3/t10-,11-/m1/s1.